The number of benzene rings is 2. The maximum absolute atomic E-state index is 13.1. The van der Waals surface area contributed by atoms with Gasteiger partial charge in [0.15, 0.2) is 18.1 Å². The lowest BCUT2D eigenvalue weighted by Crippen LogP contribution is -2.30. The van der Waals surface area contributed by atoms with E-state index >= 15 is 0 Å². The van der Waals surface area contributed by atoms with Gasteiger partial charge < -0.3 is 19.7 Å². The average molecular weight is 489 g/mol. The topological polar surface area (TPSA) is 67.9 Å². The fraction of sp³-hybridized carbons (Fsp3) is 0.167. The molecule has 2 amide bonds. The van der Waals surface area contributed by atoms with Crippen LogP contribution in [0.5, 0.6) is 11.5 Å². The molecule has 33 heavy (non-hydrogen) atoms. The molecular weight excluding hydrogens is 467 g/mol. The van der Waals surface area contributed by atoms with Crippen LogP contribution in [0.1, 0.15) is 15.2 Å². The number of hydrogen-bond donors (Lipinski definition) is 1. The van der Waals surface area contributed by atoms with Crippen molar-refractivity contribution in [2.24, 2.45) is 0 Å². The van der Waals surface area contributed by atoms with Crippen LogP contribution in [0, 0.1) is 5.82 Å². The third-order valence-electron chi connectivity index (χ3n) is 4.51. The van der Waals surface area contributed by atoms with Gasteiger partial charge >= 0.3 is 0 Å². The first-order valence-electron chi connectivity index (χ1n) is 9.90. The predicted octanol–water partition coefficient (Wildman–Crippen LogP) is 5.40. The predicted molar refractivity (Wildman–Crippen MR) is 128 cm³/mol. The van der Waals surface area contributed by atoms with Crippen molar-refractivity contribution < 1.29 is 23.5 Å². The van der Waals surface area contributed by atoms with E-state index < -0.39 is 11.7 Å². The zero-order valence-corrected chi connectivity index (χ0v) is 19.4. The maximum Gasteiger partial charge on any atom is 0.262 e. The molecule has 2 aromatic carbocycles. The van der Waals surface area contributed by atoms with Gasteiger partial charge in [-0.15, -0.1) is 17.9 Å². The summed E-state index contributed by atoms with van der Waals surface area (Å²) < 4.78 is 24.6. The van der Waals surface area contributed by atoms with E-state index in [4.69, 9.17) is 21.1 Å². The summed E-state index contributed by atoms with van der Waals surface area (Å²) >= 11 is 7.41. The van der Waals surface area contributed by atoms with E-state index in [1.165, 1.54) is 42.7 Å². The summed E-state index contributed by atoms with van der Waals surface area (Å²) in [6.45, 7) is 4.19. The lowest BCUT2D eigenvalue weighted by molar-refractivity contribution is -0.118. The summed E-state index contributed by atoms with van der Waals surface area (Å²) in [6, 6.07) is 13.8. The first kappa shape index (κ1) is 24.3. The largest absolute Gasteiger partial charge is 0.493 e. The summed E-state index contributed by atoms with van der Waals surface area (Å²) in [4.78, 5) is 27.8. The van der Waals surface area contributed by atoms with Gasteiger partial charge in [-0.25, -0.2) is 4.39 Å². The standard InChI is InChI=1S/C24H22ClFN2O4S/c1-3-12-28(14-19-9-11-22(25)33-19)24(30)16-4-10-20(21(13-16)31-2)32-15-23(29)27-18-7-5-17(26)6-8-18/h3-11,13H,1,12,14-15H2,2H3,(H,27,29). The van der Waals surface area contributed by atoms with E-state index in [2.05, 4.69) is 11.9 Å². The SMILES string of the molecule is C=CCN(Cc1ccc(Cl)s1)C(=O)c1ccc(OCC(=O)Nc2ccc(F)cc2)c(OC)c1. The number of thiophene rings is 1. The Kier molecular flexibility index (Phi) is 8.46. The van der Waals surface area contributed by atoms with Gasteiger partial charge in [-0.3, -0.25) is 9.59 Å². The Morgan fingerprint density at radius 2 is 1.91 bits per heavy atom. The van der Waals surface area contributed by atoms with Crippen LogP contribution in [-0.2, 0) is 11.3 Å². The fourth-order valence-electron chi connectivity index (χ4n) is 2.98. The molecule has 0 atom stereocenters. The van der Waals surface area contributed by atoms with Crippen molar-refractivity contribution in [2.75, 3.05) is 25.6 Å². The smallest absolute Gasteiger partial charge is 0.262 e. The third-order valence-corrected chi connectivity index (χ3v) is 5.73. The van der Waals surface area contributed by atoms with Crippen molar-refractivity contribution in [3.05, 3.63) is 87.8 Å². The normalized spacial score (nSPS) is 10.4. The highest BCUT2D eigenvalue weighted by Crippen LogP contribution is 2.29. The Balaban J connectivity index is 1.67. The van der Waals surface area contributed by atoms with Crippen molar-refractivity contribution in [1.82, 2.24) is 4.90 Å². The van der Waals surface area contributed by atoms with Crippen LogP contribution in [0.2, 0.25) is 4.34 Å². The fourth-order valence-corrected chi connectivity index (χ4v) is 4.08. The van der Waals surface area contributed by atoms with E-state index in [1.807, 2.05) is 6.07 Å². The number of nitrogens with zero attached hydrogens (tertiary/aromatic N) is 1. The van der Waals surface area contributed by atoms with Crippen LogP contribution < -0.4 is 14.8 Å². The molecule has 0 spiro atoms. The van der Waals surface area contributed by atoms with Crippen LogP contribution in [0.25, 0.3) is 0 Å². The van der Waals surface area contributed by atoms with Crippen LogP contribution in [-0.4, -0.2) is 37.0 Å². The number of methoxy groups -OCH3 is 1. The van der Waals surface area contributed by atoms with Gasteiger partial charge in [-0.05, 0) is 54.6 Å². The van der Waals surface area contributed by atoms with Crippen molar-refractivity contribution in [3.63, 3.8) is 0 Å². The molecule has 0 bridgehead atoms. The molecule has 0 saturated carbocycles. The molecule has 9 heteroatoms. The molecule has 3 rings (SSSR count). The van der Waals surface area contributed by atoms with Gasteiger partial charge in [-0.2, -0.15) is 0 Å². The molecule has 1 heterocycles. The highest BCUT2D eigenvalue weighted by Gasteiger charge is 2.19. The van der Waals surface area contributed by atoms with Crippen molar-refractivity contribution in [1.29, 1.82) is 0 Å². The lowest BCUT2D eigenvalue weighted by Gasteiger charge is -2.21. The van der Waals surface area contributed by atoms with E-state index in [9.17, 15) is 14.0 Å². The van der Waals surface area contributed by atoms with E-state index in [0.717, 1.165) is 4.88 Å². The molecule has 0 radical (unpaired) electrons. The zero-order valence-electron chi connectivity index (χ0n) is 17.8. The minimum absolute atomic E-state index is 0.210. The van der Waals surface area contributed by atoms with E-state index in [-0.39, 0.29) is 12.5 Å². The van der Waals surface area contributed by atoms with Gasteiger partial charge in [0, 0.05) is 22.7 Å². The first-order chi connectivity index (χ1) is 15.9. The number of rotatable bonds is 10. The number of nitrogens with one attached hydrogen (secondary N) is 1. The second-order valence-corrected chi connectivity index (χ2v) is 8.69. The number of anilines is 1. The molecule has 0 aliphatic carbocycles. The number of carbonyl (C=O) groups excluding carboxylic acids is 2. The molecule has 0 aliphatic rings. The van der Waals surface area contributed by atoms with Crippen LogP contribution in [0.3, 0.4) is 0 Å². The number of ether oxygens (including phenoxy) is 2. The van der Waals surface area contributed by atoms with Gasteiger partial charge in [0.2, 0.25) is 0 Å². The molecular formula is C24H22ClFN2O4S. The summed E-state index contributed by atoms with van der Waals surface area (Å²) in [6.07, 6.45) is 1.65. The number of halogens is 2. The molecule has 1 aromatic heterocycles. The molecule has 0 saturated heterocycles. The Morgan fingerprint density at radius 1 is 1.15 bits per heavy atom. The summed E-state index contributed by atoms with van der Waals surface area (Å²) in [7, 11) is 1.45. The highest BCUT2D eigenvalue weighted by atomic mass is 35.5. The van der Waals surface area contributed by atoms with Crippen molar-refractivity contribution in [2.45, 2.75) is 6.54 Å². The first-order valence-corrected chi connectivity index (χ1v) is 11.1. The van der Waals surface area contributed by atoms with Crippen LogP contribution in [0.4, 0.5) is 10.1 Å². The molecule has 0 unspecified atom stereocenters. The highest BCUT2D eigenvalue weighted by molar-refractivity contribution is 7.16. The Hall–Kier alpha value is -3.36. The Morgan fingerprint density at radius 3 is 2.55 bits per heavy atom. The van der Waals surface area contributed by atoms with Gasteiger partial charge in [0.05, 0.1) is 18.0 Å². The number of carbonyl (C=O) groups is 2. The summed E-state index contributed by atoms with van der Waals surface area (Å²) in [5.41, 5.74) is 0.853. The number of amides is 2. The number of hydrogen-bond acceptors (Lipinski definition) is 5. The quantitative estimate of drug-likeness (QED) is 0.388. The summed E-state index contributed by atoms with van der Waals surface area (Å²) in [5, 5.41) is 2.61. The van der Waals surface area contributed by atoms with Gasteiger partial charge in [0.25, 0.3) is 11.8 Å². The second-order valence-electron chi connectivity index (χ2n) is 6.89. The van der Waals surface area contributed by atoms with Crippen molar-refractivity contribution in [3.8, 4) is 11.5 Å². The second kappa shape index (κ2) is 11.5. The minimum Gasteiger partial charge on any atom is -0.493 e. The van der Waals surface area contributed by atoms with Crippen LogP contribution in [0.15, 0.2) is 67.3 Å². The van der Waals surface area contributed by atoms with Crippen molar-refractivity contribution >= 4 is 40.4 Å². The Labute approximate surface area is 200 Å². The molecule has 3 aromatic rings. The van der Waals surface area contributed by atoms with Gasteiger partial charge in [-0.1, -0.05) is 17.7 Å². The Bertz CT molecular complexity index is 1130. The monoisotopic (exact) mass is 488 g/mol. The van der Waals surface area contributed by atoms with E-state index in [1.54, 1.807) is 35.2 Å². The zero-order chi connectivity index (χ0) is 23.8. The average Bonchev–Trinajstić information content (AvgIpc) is 3.23. The third kappa shape index (κ3) is 6.81. The lowest BCUT2D eigenvalue weighted by atomic mass is 10.1. The maximum atomic E-state index is 13.1. The minimum atomic E-state index is -0.421. The molecule has 172 valence electrons. The molecule has 6 nitrogen and oxygen atoms in total. The molecule has 0 fully saturated rings. The van der Waals surface area contributed by atoms with Gasteiger partial charge in [0.1, 0.15) is 5.82 Å². The molecule has 1 N–H and O–H groups in total. The van der Waals surface area contributed by atoms with E-state index in [0.29, 0.717) is 40.2 Å². The van der Waals surface area contributed by atoms with Crippen LogP contribution >= 0.6 is 22.9 Å². The molecule has 0 aliphatic heterocycles. The summed E-state index contributed by atoms with van der Waals surface area (Å²) in [5.74, 6) is -0.403.